The molecule has 0 bridgehead atoms. The number of hydrogen-bond donors (Lipinski definition) is 1. The van der Waals surface area contributed by atoms with E-state index in [2.05, 4.69) is 18.7 Å². The Morgan fingerprint density at radius 1 is 0.842 bits per heavy atom. The number of nitrogens with zero attached hydrogens (tertiary/aromatic N) is 1. The van der Waals surface area contributed by atoms with Gasteiger partial charge in [-0.3, -0.25) is 4.79 Å². The monoisotopic (exact) mass is 270 g/mol. The highest BCUT2D eigenvalue weighted by atomic mass is 16.2. The predicted octanol–water partition coefficient (Wildman–Crippen LogP) is 3.71. The van der Waals surface area contributed by atoms with Crippen LogP contribution in [-0.2, 0) is 4.79 Å². The van der Waals surface area contributed by atoms with Crippen LogP contribution in [0.1, 0.15) is 78.1 Å². The van der Waals surface area contributed by atoms with Gasteiger partial charge in [0.05, 0.1) is 0 Å². The molecule has 19 heavy (non-hydrogen) atoms. The molecule has 0 spiro atoms. The number of nitrogens with two attached hydrogens (primary N) is 1. The summed E-state index contributed by atoms with van der Waals surface area (Å²) in [5, 5.41) is 0. The van der Waals surface area contributed by atoms with Crippen LogP contribution in [0.3, 0.4) is 0 Å². The minimum atomic E-state index is 0.304. The average molecular weight is 270 g/mol. The topological polar surface area (TPSA) is 46.3 Å². The van der Waals surface area contributed by atoms with Crippen molar-refractivity contribution in [2.24, 2.45) is 5.73 Å². The maximum absolute atomic E-state index is 12.1. The maximum Gasteiger partial charge on any atom is 0.222 e. The minimum absolute atomic E-state index is 0.304. The molecule has 0 radical (unpaired) electrons. The van der Waals surface area contributed by atoms with E-state index in [1.165, 1.54) is 38.5 Å². The summed E-state index contributed by atoms with van der Waals surface area (Å²) in [5.41, 5.74) is 5.49. The Morgan fingerprint density at radius 3 is 1.79 bits per heavy atom. The van der Waals surface area contributed by atoms with E-state index < -0.39 is 0 Å². The Labute approximate surface area is 119 Å². The highest BCUT2D eigenvalue weighted by molar-refractivity contribution is 5.76. The van der Waals surface area contributed by atoms with Crippen molar-refractivity contribution in [3.63, 3.8) is 0 Å². The largest absolute Gasteiger partial charge is 0.343 e. The number of rotatable bonds is 13. The molecule has 0 rings (SSSR count). The van der Waals surface area contributed by atoms with Crippen molar-refractivity contribution in [1.82, 2.24) is 4.90 Å². The summed E-state index contributed by atoms with van der Waals surface area (Å²) in [5.74, 6) is 0.304. The van der Waals surface area contributed by atoms with Crippen LogP contribution in [0.25, 0.3) is 0 Å². The predicted molar refractivity (Wildman–Crippen MR) is 83.2 cm³/mol. The quantitative estimate of drug-likeness (QED) is 0.519. The lowest BCUT2D eigenvalue weighted by Crippen LogP contribution is -2.33. The number of hydrogen-bond acceptors (Lipinski definition) is 2. The van der Waals surface area contributed by atoms with Crippen molar-refractivity contribution >= 4 is 5.91 Å². The van der Waals surface area contributed by atoms with Gasteiger partial charge in [0, 0.05) is 19.5 Å². The molecule has 114 valence electrons. The molecule has 0 aliphatic rings. The molecule has 0 atom stereocenters. The molecular formula is C16H34N2O. The van der Waals surface area contributed by atoms with Gasteiger partial charge in [-0.1, -0.05) is 52.4 Å². The normalized spacial score (nSPS) is 10.7. The van der Waals surface area contributed by atoms with E-state index in [-0.39, 0.29) is 0 Å². The fourth-order valence-corrected chi connectivity index (χ4v) is 2.23. The molecule has 0 saturated carbocycles. The van der Waals surface area contributed by atoms with Crippen LogP contribution in [0.2, 0.25) is 0 Å². The third-order valence-electron chi connectivity index (χ3n) is 3.51. The van der Waals surface area contributed by atoms with E-state index >= 15 is 0 Å². The first-order valence-electron chi connectivity index (χ1n) is 8.24. The maximum atomic E-state index is 12.1. The Bertz CT molecular complexity index is 195. The lowest BCUT2D eigenvalue weighted by Gasteiger charge is -2.23. The van der Waals surface area contributed by atoms with Crippen LogP contribution in [0.15, 0.2) is 0 Å². The Morgan fingerprint density at radius 2 is 1.37 bits per heavy atom. The first kappa shape index (κ1) is 18.4. The van der Waals surface area contributed by atoms with Crippen LogP contribution < -0.4 is 5.73 Å². The molecule has 2 N–H and O–H groups in total. The molecule has 0 saturated heterocycles. The van der Waals surface area contributed by atoms with E-state index in [1.807, 2.05) is 0 Å². The molecular weight excluding hydrogens is 236 g/mol. The molecule has 1 amide bonds. The Kier molecular flexibility index (Phi) is 13.4. The molecule has 0 aromatic carbocycles. The zero-order chi connectivity index (χ0) is 14.3. The summed E-state index contributed by atoms with van der Waals surface area (Å²) >= 11 is 0. The summed E-state index contributed by atoms with van der Waals surface area (Å²) in [4.78, 5) is 14.2. The number of carbonyl (C=O) groups is 1. The van der Waals surface area contributed by atoms with Crippen LogP contribution in [0.5, 0.6) is 0 Å². The first-order valence-corrected chi connectivity index (χ1v) is 8.24. The van der Waals surface area contributed by atoms with Gasteiger partial charge in [-0.05, 0) is 25.8 Å². The second-order valence-corrected chi connectivity index (χ2v) is 5.39. The second kappa shape index (κ2) is 13.9. The minimum Gasteiger partial charge on any atom is -0.343 e. The Balaban J connectivity index is 3.94. The second-order valence-electron chi connectivity index (χ2n) is 5.39. The Hall–Kier alpha value is -0.570. The molecule has 0 fully saturated rings. The summed E-state index contributed by atoms with van der Waals surface area (Å²) in [6, 6.07) is 0. The summed E-state index contributed by atoms with van der Waals surface area (Å²) in [7, 11) is 0. The molecule has 3 heteroatoms. The van der Waals surface area contributed by atoms with E-state index in [0.717, 1.165) is 32.4 Å². The van der Waals surface area contributed by atoms with Crippen LogP contribution in [0, 0.1) is 0 Å². The smallest absolute Gasteiger partial charge is 0.222 e. The fraction of sp³-hybridized carbons (Fsp3) is 0.938. The van der Waals surface area contributed by atoms with Crippen LogP contribution in [0.4, 0.5) is 0 Å². The fourth-order valence-electron chi connectivity index (χ4n) is 2.23. The van der Waals surface area contributed by atoms with Gasteiger partial charge in [-0.25, -0.2) is 0 Å². The molecule has 0 aliphatic carbocycles. The van der Waals surface area contributed by atoms with E-state index in [0.29, 0.717) is 18.9 Å². The summed E-state index contributed by atoms with van der Waals surface area (Å²) < 4.78 is 0. The van der Waals surface area contributed by atoms with Crippen molar-refractivity contribution in [3.05, 3.63) is 0 Å². The lowest BCUT2D eigenvalue weighted by molar-refractivity contribution is -0.131. The molecule has 0 aromatic rings. The zero-order valence-corrected chi connectivity index (χ0v) is 13.1. The van der Waals surface area contributed by atoms with Crippen LogP contribution >= 0.6 is 0 Å². The summed E-state index contributed by atoms with van der Waals surface area (Å²) in [6.45, 7) is 6.93. The SMILES string of the molecule is CCCCCCN(CCCCCC)C(=O)CCCN. The van der Waals surface area contributed by atoms with Gasteiger partial charge in [0.25, 0.3) is 0 Å². The van der Waals surface area contributed by atoms with Crippen molar-refractivity contribution in [2.75, 3.05) is 19.6 Å². The van der Waals surface area contributed by atoms with Gasteiger partial charge in [0.2, 0.25) is 5.91 Å². The van der Waals surface area contributed by atoms with Gasteiger partial charge in [-0.2, -0.15) is 0 Å². The lowest BCUT2D eigenvalue weighted by atomic mass is 10.1. The molecule has 0 unspecified atom stereocenters. The van der Waals surface area contributed by atoms with Crippen molar-refractivity contribution in [2.45, 2.75) is 78.1 Å². The van der Waals surface area contributed by atoms with Crippen LogP contribution in [-0.4, -0.2) is 30.4 Å². The van der Waals surface area contributed by atoms with Crippen molar-refractivity contribution in [3.8, 4) is 0 Å². The highest BCUT2D eigenvalue weighted by Gasteiger charge is 2.11. The van der Waals surface area contributed by atoms with E-state index in [9.17, 15) is 4.79 Å². The van der Waals surface area contributed by atoms with E-state index in [1.54, 1.807) is 0 Å². The average Bonchev–Trinajstić information content (AvgIpc) is 2.43. The molecule has 0 heterocycles. The van der Waals surface area contributed by atoms with Gasteiger partial charge in [-0.15, -0.1) is 0 Å². The zero-order valence-electron chi connectivity index (χ0n) is 13.1. The van der Waals surface area contributed by atoms with Gasteiger partial charge < -0.3 is 10.6 Å². The van der Waals surface area contributed by atoms with Crippen molar-refractivity contribution in [1.29, 1.82) is 0 Å². The third-order valence-corrected chi connectivity index (χ3v) is 3.51. The highest BCUT2D eigenvalue weighted by Crippen LogP contribution is 2.07. The summed E-state index contributed by atoms with van der Waals surface area (Å²) in [6.07, 6.45) is 11.3. The van der Waals surface area contributed by atoms with Gasteiger partial charge in [0.15, 0.2) is 0 Å². The number of unbranched alkanes of at least 4 members (excludes halogenated alkanes) is 6. The third kappa shape index (κ3) is 11.0. The van der Waals surface area contributed by atoms with Gasteiger partial charge >= 0.3 is 0 Å². The van der Waals surface area contributed by atoms with Crippen molar-refractivity contribution < 1.29 is 4.79 Å². The van der Waals surface area contributed by atoms with E-state index in [4.69, 9.17) is 5.73 Å². The first-order chi connectivity index (χ1) is 9.26. The van der Waals surface area contributed by atoms with Gasteiger partial charge in [0.1, 0.15) is 0 Å². The molecule has 0 aromatic heterocycles. The number of carbonyl (C=O) groups excluding carboxylic acids is 1. The molecule has 3 nitrogen and oxygen atoms in total. The standard InChI is InChI=1S/C16H34N2O/c1-3-5-7-9-14-18(15-10-8-6-4-2)16(19)12-11-13-17/h3-15,17H2,1-2H3. The molecule has 0 aliphatic heterocycles. The number of amides is 1.